The summed E-state index contributed by atoms with van der Waals surface area (Å²) in [5.74, 6) is -0.212. The SMILES string of the molecule is COC(=O)C1C=CCCN1.Cl. The van der Waals surface area contributed by atoms with Gasteiger partial charge >= 0.3 is 5.97 Å². The summed E-state index contributed by atoms with van der Waals surface area (Å²) in [6.07, 6.45) is 4.81. The highest BCUT2D eigenvalue weighted by Crippen LogP contribution is 1.97. The third-order valence-corrected chi connectivity index (χ3v) is 1.46. The zero-order chi connectivity index (χ0) is 7.40. The van der Waals surface area contributed by atoms with Gasteiger partial charge in [0, 0.05) is 0 Å². The van der Waals surface area contributed by atoms with Crippen molar-refractivity contribution in [3.05, 3.63) is 12.2 Å². The highest BCUT2D eigenvalue weighted by molar-refractivity contribution is 5.85. The number of hydrogen-bond donors (Lipinski definition) is 1. The Morgan fingerprint density at radius 3 is 2.91 bits per heavy atom. The fourth-order valence-corrected chi connectivity index (χ4v) is 0.911. The number of rotatable bonds is 1. The van der Waals surface area contributed by atoms with Gasteiger partial charge in [0.25, 0.3) is 0 Å². The van der Waals surface area contributed by atoms with E-state index in [9.17, 15) is 4.79 Å². The van der Waals surface area contributed by atoms with Crippen LogP contribution < -0.4 is 5.32 Å². The first-order chi connectivity index (χ1) is 4.84. The minimum absolute atomic E-state index is 0. The second kappa shape index (κ2) is 5.16. The van der Waals surface area contributed by atoms with Crippen LogP contribution in [-0.2, 0) is 9.53 Å². The van der Waals surface area contributed by atoms with Gasteiger partial charge in [-0.2, -0.15) is 0 Å². The average molecular weight is 178 g/mol. The zero-order valence-electron chi connectivity index (χ0n) is 6.37. The van der Waals surface area contributed by atoms with Gasteiger partial charge in [0.15, 0.2) is 0 Å². The number of nitrogens with one attached hydrogen (secondary N) is 1. The second-order valence-corrected chi connectivity index (χ2v) is 2.17. The summed E-state index contributed by atoms with van der Waals surface area (Å²) >= 11 is 0. The molecule has 0 radical (unpaired) electrons. The van der Waals surface area contributed by atoms with Gasteiger partial charge < -0.3 is 10.1 Å². The van der Waals surface area contributed by atoms with E-state index in [-0.39, 0.29) is 24.4 Å². The smallest absolute Gasteiger partial charge is 0.326 e. The monoisotopic (exact) mass is 177 g/mol. The lowest BCUT2D eigenvalue weighted by Crippen LogP contribution is -2.38. The molecule has 0 aromatic rings. The number of esters is 1. The molecule has 1 N–H and O–H groups in total. The number of methoxy groups -OCH3 is 1. The lowest BCUT2D eigenvalue weighted by atomic mass is 10.2. The van der Waals surface area contributed by atoms with Crippen LogP contribution in [0.1, 0.15) is 6.42 Å². The van der Waals surface area contributed by atoms with E-state index in [0.29, 0.717) is 0 Å². The molecule has 0 fully saturated rings. The van der Waals surface area contributed by atoms with E-state index in [0.717, 1.165) is 13.0 Å². The summed E-state index contributed by atoms with van der Waals surface area (Å²) < 4.78 is 4.54. The molecule has 0 saturated heterocycles. The third kappa shape index (κ3) is 2.91. The Bertz CT molecular complexity index is 159. The van der Waals surface area contributed by atoms with Crippen LogP contribution in [0.2, 0.25) is 0 Å². The average Bonchev–Trinajstić information content (AvgIpc) is 2.05. The molecule has 1 aliphatic rings. The van der Waals surface area contributed by atoms with Crippen LogP contribution in [0.25, 0.3) is 0 Å². The van der Waals surface area contributed by atoms with E-state index in [1.165, 1.54) is 7.11 Å². The van der Waals surface area contributed by atoms with Crippen LogP contribution in [0.15, 0.2) is 12.2 Å². The summed E-state index contributed by atoms with van der Waals surface area (Å²) in [5, 5.41) is 3.01. The van der Waals surface area contributed by atoms with Crippen molar-refractivity contribution in [2.24, 2.45) is 0 Å². The van der Waals surface area contributed by atoms with Crippen molar-refractivity contribution in [3.8, 4) is 0 Å². The Hall–Kier alpha value is -0.540. The van der Waals surface area contributed by atoms with E-state index in [1.807, 2.05) is 12.2 Å². The maximum absolute atomic E-state index is 10.8. The van der Waals surface area contributed by atoms with Gasteiger partial charge in [-0.05, 0) is 13.0 Å². The number of carbonyl (C=O) groups excluding carboxylic acids is 1. The lowest BCUT2D eigenvalue weighted by Gasteiger charge is -2.15. The molecule has 0 spiro atoms. The Labute approximate surface area is 72.2 Å². The fourth-order valence-electron chi connectivity index (χ4n) is 0.911. The molecule has 0 aliphatic carbocycles. The van der Waals surface area contributed by atoms with Crippen molar-refractivity contribution in [2.75, 3.05) is 13.7 Å². The van der Waals surface area contributed by atoms with Crippen molar-refractivity contribution in [1.82, 2.24) is 5.32 Å². The zero-order valence-corrected chi connectivity index (χ0v) is 7.19. The normalized spacial score (nSPS) is 22.1. The summed E-state index contributed by atoms with van der Waals surface area (Å²) in [4.78, 5) is 10.8. The van der Waals surface area contributed by atoms with E-state index < -0.39 is 0 Å². The number of halogens is 1. The van der Waals surface area contributed by atoms with E-state index >= 15 is 0 Å². The van der Waals surface area contributed by atoms with Gasteiger partial charge in [0.2, 0.25) is 0 Å². The van der Waals surface area contributed by atoms with Crippen molar-refractivity contribution in [1.29, 1.82) is 0 Å². The van der Waals surface area contributed by atoms with Gasteiger partial charge in [-0.3, -0.25) is 4.79 Å². The molecule has 3 nitrogen and oxygen atoms in total. The highest BCUT2D eigenvalue weighted by Gasteiger charge is 2.15. The molecular weight excluding hydrogens is 166 g/mol. The molecular formula is C7H12ClNO2. The minimum atomic E-state index is -0.223. The van der Waals surface area contributed by atoms with Crippen LogP contribution in [0.3, 0.4) is 0 Å². The Balaban J connectivity index is 0.000001000. The van der Waals surface area contributed by atoms with E-state index in [4.69, 9.17) is 0 Å². The van der Waals surface area contributed by atoms with Crippen LogP contribution in [0.4, 0.5) is 0 Å². The molecule has 1 heterocycles. The van der Waals surface area contributed by atoms with Gasteiger partial charge in [0.1, 0.15) is 6.04 Å². The molecule has 4 heteroatoms. The van der Waals surface area contributed by atoms with Gasteiger partial charge in [-0.25, -0.2) is 0 Å². The first kappa shape index (κ1) is 10.5. The van der Waals surface area contributed by atoms with Crippen molar-refractivity contribution < 1.29 is 9.53 Å². The first-order valence-electron chi connectivity index (χ1n) is 3.32. The van der Waals surface area contributed by atoms with Gasteiger partial charge in [0.05, 0.1) is 7.11 Å². The summed E-state index contributed by atoms with van der Waals surface area (Å²) in [6.45, 7) is 0.857. The maximum Gasteiger partial charge on any atom is 0.326 e. The van der Waals surface area contributed by atoms with Crippen LogP contribution in [0, 0.1) is 0 Å². The molecule has 1 atom stereocenters. The Morgan fingerprint density at radius 1 is 1.73 bits per heavy atom. The van der Waals surface area contributed by atoms with Crippen LogP contribution in [0.5, 0.6) is 0 Å². The van der Waals surface area contributed by atoms with Crippen molar-refractivity contribution >= 4 is 18.4 Å². The summed E-state index contributed by atoms with van der Waals surface area (Å²) in [6, 6.07) is -0.223. The summed E-state index contributed by atoms with van der Waals surface area (Å²) in [5.41, 5.74) is 0. The Kier molecular flexibility index (Phi) is 4.90. The van der Waals surface area contributed by atoms with Crippen molar-refractivity contribution in [3.63, 3.8) is 0 Å². The molecule has 0 aromatic carbocycles. The largest absolute Gasteiger partial charge is 0.468 e. The molecule has 0 saturated carbocycles. The van der Waals surface area contributed by atoms with E-state index in [2.05, 4.69) is 10.1 Å². The molecule has 0 amide bonds. The molecule has 11 heavy (non-hydrogen) atoms. The molecule has 1 aliphatic heterocycles. The highest BCUT2D eigenvalue weighted by atomic mass is 35.5. The Morgan fingerprint density at radius 2 is 2.45 bits per heavy atom. The number of carbonyl (C=O) groups is 1. The van der Waals surface area contributed by atoms with E-state index in [1.54, 1.807) is 0 Å². The lowest BCUT2D eigenvalue weighted by molar-refractivity contribution is -0.141. The molecule has 0 bridgehead atoms. The predicted octanol–water partition coefficient (Wildman–Crippen LogP) is 0.499. The topological polar surface area (TPSA) is 38.3 Å². The standard InChI is InChI=1S/C7H11NO2.ClH/c1-10-7(9)6-4-2-3-5-8-6;/h2,4,6,8H,3,5H2,1H3;1H. The van der Waals surface area contributed by atoms with Gasteiger partial charge in [-0.15, -0.1) is 12.4 Å². The quantitative estimate of drug-likeness (QED) is 0.468. The number of hydrogen-bond acceptors (Lipinski definition) is 3. The van der Waals surface area contributed by atoms with Crippen molar-refractivity contribution in [2.45, 2.75) is 12.5 Å². The predicted molar refractivity (Wildman–Crippen MR) is 44.8 cm³/mol. The molecule has 0 aromatic heterocycles. The second-order valence-electron chi connectivity index (χ2n) is 2.17. The first-order valence-corrected chi connectivity index (χ1v) is 3.32. The fraction of sp³-hybridized carbons (Fsp3) is 0.571. The summed E-state index contributed by atoms with van der Waals surface area (Å²) in [7, 11) is 1.40. The molecule has 1 unspecified atom stereocenters. The molecule has 1 rings (SSSR count). The minimum Gasteiger partial charge on any atom is -0.468 e. The van der Waals surface area contributed by atoms with Crippen LogP contribution in [-0.4, -0.2) is 25.7 Å². The maximum atomic E-state index is 10.8. The van der Waals surface area contributed by atoms with Gasteiger partial charge in [-0.1, -0.05) is 12.2 Å². The van der Waals surface area contributed by atoms with Crippen LogP contribution >= 0.6 is 12.4 Å². The third-order valence-electron chi connectivity index (χ3n) is 1.46. The number of ether oxygens (including phenoxy) is 1. The molecule has 64 valence electrons.